The number of hydrogen-bond donors (Lipinski definition) is 0. The van der Waals surface area contributed by atoms with Crippen LogP contribution >= 0.6 is 23.1 Å². The fourth-order valence-corrected chi connectivity index (χ4v) is 3.71. The Morgan fingerprint density at radius 2 is 2.04 bits per heavy atom. The van der Waals surface area contributed by atoms with Crippen LogP contribution in [0.1, 0.15) is 36.2 Å². The molecule has 0 radical (unpaired) electrons. The average Bonchev–Trinajstić information content (AvgIpc) is 3.21. The number of thiazole rings is 1. The largest absolute Gasteiger partial charge is 0.486 e. The lowest BCUT2D eigenvalue weighted by atomic mass is 10.2. The highest BCUT2D eigenvalue weighted by molar-refractivity contribution is 7.98. The van der Waals surface area contributed by atoms with Crippen LogP contribution in [0, 0.1) is 6.92 Å². The van der Waals surface area contributed by atoms with Gasteiger partial charge in [-0.05, 0) is 43.3 Å². The smallest absolute Gasteiger partial charge is 0.209 e. The number of tetrazole rings is 1. The second-order valence-electron chi connectivity index (χ2n) is 5.62. The molecule has 3 rings (SSSR count). The minimum atomic E-state index is 0.247. The molecule has 0 aliphatic carbocycles. The van der Waals surface area contributed by atoms with E-state index in [-0.39, 0.29) is 6.04 Å². The van der Waals surface area contributed by atoms with E-state index in [0.29, 0.717) is 6.61 Å². The quantitative estimate of drug-likeness (QED) is 0.595. The predicted octanol–water partition coefficient (Wildman–Crippen LogP) is 3.89. The summed E-state index contributed by atoms with van der Waals surface area (Å²) in [6.45, 7) is 6.67. The van der Waals surface area contributed by atoms with E-state index < -0.39 is 0 Å². The zero-order valence-corrected chi connectivity index (χ0v) is 15.5. The topological polar surface area (TPSA) is 65.7 Å². The fraction of sp³-hybridized carbons (Fsp3) is 0.375. The molecule has 2 heterocycles. The van der Waals surface area contributed by atoms with Gasteiger partial charge in [-0.15, -0.1) is 16.4 Å². The maximum atomic E-state index is 5.77. The first-order valence-electron chi connectivity index (χ1n) is 7.65. The van der Waals surface area contributed by atoms with Gasteiger partial charge in [0.05, 0.1) is 11.7 Å². The van der Waals surface area contributed by atoms with E-state index >= 15 is 0 Å². The van der Waals surface area contributed by atoms with Crippen molar-refractivity contribution in [3.05, 3.63) is 45.9 Å². The first-order valence-corrected chi connectivity index (χ1v) is 9.52. The summed E-state index contributed by atoms with van der Waals surface area (Å²) in [7, 11) is 0. The lowest BCUT2D eigenvalue weighted by molar-refractivity contribution is 0.305. The molecule has 6 nitrogen and oxygen atoms in total. The first-order chi connectivity index (χ1) is 11.6. The van der Waals surface area contributed by atoms with Gasteiger partial charge >= 0.3 is 0 Å². The van der Waals surface area contributed by atoms with Gasteiger partial charge in [0.1, 0.15) is 17.4 Å². The van der Waals surface area contributed by atoms with Crippen LogP contribution in [0.15, 0.2) is 34.8 Å². The van der Waals surface area contributed by atoms with Crippen LogP contribution in [0.25, 0.3) is 0 Å². The molecule has 8 heteroatoms. The van der Waals surface area contributed by atoms with Crippen molar-refractivity contribution in [2.45, 2.75) is 44.3 Å². The Bertz CT molecular complexity index is 782. The molecule has 0 aliphatic heterocycles. The molecule has 1 aromatic carbocycles. The minimum absolute atomic E-state index is 0.247. The van der Waals surface area contributed by atoms with E-state index in [2.05, 4.69) is 46.7 Å². The molecule has 0 N–H and O–H groups in total. The van der Waals surface area contributed by atoms with Crippen molar-refractivity contribution in [3.8, 4) is 5.75 Å². The molecular weight excluding hydrogens is 342 g/mol. The molecule has 0 unspecified atom stereocenters. The van der Waals surface area contributed by atoms with Crippen molar-refractivity contribution >= 4 is 23.1 Å². The van der Waals surface area contributed by atoms with E-state index in [4.69, 9.17) is 4.74 Å². The zero-order valence-electron chi connectivity index (χ0n) is 13.8. The molecule has 0 fully saturated rings. The van der Waals surface area contributed by atoms with Crippen molar-refractivity contribution in [1.82, 2.24) is 25.2 Å². The third-order valence-electron chi connectivity index (χ3n) is 3.28. The Morgan fingerprint density at radius 1 is 1.25 bits per heavy atom. The Labute approximate surface area is 149 Å². The van der Waals surface area contributed by atoms with Gasteiger partial charge in [-0.2, -0.15) is 0 Å². The summed E-state index contributed by atoms with van der Waals surface area (Å²) in [4.78, 5) is 4.61. The highest BCUT2D eigenvalue weighted by Gasteiger charge is 2.11. The standard InChI is InChI=1S/C16H19N5OS2/c1-11(2)21-16(18-19-20-21)24-10-13-9-23-15(17-13)8-22-14-6-4-12(3)5-7-14/h4-7,9,11H,8,10H2,1-3H3. The molecule has 24 heavy (non-hydrogen) atoms. The fourth-order valence-electron chi connectivity index (χ4n) is 2.00. The van der Waals surface area contributed by atoms with Gasteiger partial charge in [0.2, 0.25) is 5.16 Å². The maximum Gasteiger partial charge on any atom is 0.209 e. The number of benzene rings is 1. The SMILES string of the molecule is Cc1ccc(OCc2nc(CSc3nnnn3C(C)C)cs2)cc1. The average molecular weight is 361 g/mol. The highest BCUT2D eigenvalue weighted by Crippen LogP contribution is 2.23. The zero-order chi connectivity index (χ0) is 16.9. The molecule has 126 valence electrons. The van der Waals surface area contributed by atoms with E-state index in [1.165, 1.54) is 5.56 Å². The Hall–Kier alpha value is -1.93. The number of rotatable bonds is 7. The van der Waals surface area contributed by atoms with Gasteiger partial charge in [-0.3, -0.25) is 0 Å². The summed E-state index contributed by atoms with van der Waals surface area (Å²) in [6.07, 6.45) is 0. The van der Waals surface area contributed by atoms with Gasteiger partial charge in [-0.1, -0.05) is 29.5 Å². The van der Waals surface area contributed by atoms with E-state index in [9.17, 15) is 0 Å². The number of hydrogen-bond acceptors (Lipinski definition) is 7. The normalized spacial score (nSPS) is 11.2. The number of aromatic nitrogens is 5. The highest BCUT2D eigenvalue weighted by atomic mass is 32.2. The molecule has 0 amide bonds. The Morgan fingerprint density at radius 3 is 2.79 bits per heavy atom. The lowest BCUT2D eigenvalue weighted by Gasteiger charge is -2.06. The molecule has 0 saturated heterocycles. The second kappa shape index (κ2) is 7.76. The molecule has 3 aromatic rings. The van der Waals surface area contributed by atoms with Crippen LogP contribution in [0.4, 0.5) is 0 Å². The van der Waals surface area contributed by atoms with E-state index in [0.717, 1.165) is 27.4 Å². The summed E-state index contributed by atoms with van der Waals surface area (Å²) >= 11 is 3.21. The third kappa shape index (κ3) is 4.33. The monoisotopic (exact) mass is 361 g/mol. The molecule has 0 spiro atoms. The van der Waals surface area contributed by atoms with Crippen LogP contribution in [0.5, 0.6) is 5.75 Å². The summed E-state index contributed by atoms with van der Waals surface area (Å²) < 4.78 is 7.58. The summed E-state index contributed by atoms with van der Waals surface area (Å²) in [6, 6.07) is 8.28. The molecule has 2 aromatic heterocycles. The predicted molar refractivity (Wildman–Crippen MR) is 95.4 cm³/mol. The molecule has 0 saturated carbocycles. The van der Waals surface area contributed by atoms with Crippen LogP contribution in [0.2, 0.25) is 0 Å². The molecule has 0 bridgehead atoms. The van der Waals surface area contributed by atoms with Crippen molar-refractivity contribution in [2.75, 3.05) is 0 Å². The maximum absolute atomic E-state index is 5.77. The van der Waals surface area contributed by atoms with Crippen LogP contribution in [-0.4, -0.2) is 25.2 Å². The molecule has 0 atom stereocenters. The Kier molecular flexibility index (Phi) is 5.47. The second-order valence-corrected chi connectivity index (χ2v) is 7.51. The molecule has 0 aliphatic rings. The first kappa shape index (κ1) is 16.9. The van der Waals surface area contributed by atoms with Gasteiger partial charge in [-0.25, -0.2) is 9.67 Å². The van der Waals surface area contributed by atoms with Gasteiger partial charge < -0.3 is 4.74 Å². The number of aryl methyl sites for hydroxylation is 1. The van der Waals surface area contributed by atoms with Crippen molar-refractivity contribution in [3.63, 3.8) is 0 Å². The summed E-state index contributed by atoms with van der Waals surface area (Å²) in [5, 5.41) is 15.6. The van der Waals surface area contributed by atoms with E-state index in [1.807, 2.05) is 28.9 Å². The third-order valence-corrected chi connectivity index (χ3v) is 5.12. The van der Waals surface area contributed by atoms with Crippen LogP contribution in [-0.2, 0) is 12.4 Å². The number of ether oxygens (including phenoxy) is 1. The van der Waals surface area contributed by atoms with Gasteiger partial charge in [0.15, 0.2) is 0 Å². The van der Waals surface area contributed by atoms with Gasteiger partial charge in [0.25, 0.3) is 0 Å². The van der Waals surface area contributed by atoms with Crippen molar-refractivity contribution in [2.24, 2.45) is 0 Å². The minimum Gasteiger partial charge on any atom is -0.486 e. The van der Waals surface area contributed by atoms with Crippen LogP contribution in [0.3, 0.4) is 0 Å². The number of thioether (sulfide) groups is 1. The van der Waals surface area contributed by atoms with Crippen molar-refractivity contribution < 1.29 is 4.74 Å². The van der Waals surface area contributed by atoms with E-state index in [1.54, 1.807) is 23.1 Å². The Balaban J connectivity index is 1.53. The summed E-state index contributed by atoms with van der Waals surface area (Å²) in [5.74, 6) is 1.61. The lowest BCUT2D eigenvalue weighted by Crippen LogP contribution is -2.04. The molecular formula is C16H19N5OS2. The summed E-state index contributed by atoms with van der Waals surface area (Å²) in [5.41, 5.74) is 2.24. The van der Waals surface area contributed by atoms with Crippen LogP contribution < -0.4 is 4.74 Å². The number of nitrogens with zero attached hydrogens (tertiary/aromatic N) is 5. The van der Waals surface area contributed by atoms with Crippen molar-refractivity contribution in [1.29, 1.82) is 0 Å². The van der Waals surface area contributed by atoms with Gasteiger partial charge in [0, 0.05) is 11.1 Å².